The van der Waals surface area contributed by atoms with Crippen molar-refractivity contribution in [2.24, 2.45) is 10.4 Å². The van der Waals surface area contributed by atoms with E-state index >= 15 is 0 Å². The number of nitrogens with one attached hydrogen (secondary N) is 2. The second-order valence-electron chi connectivity index (χ2n) is 7.64. The molecule has 3 N–H and O–H groups in total. The summed E-state index contributed by atoms with van der Waals surface area (Å²) in [5, 5.41) is 16.4. The van der Waals surface area contributed by atoms with Crippen molar-refractivity contribution in [3.63, 3.8) is 0 Å². The van der Waals surface area contributed by atoms with E-state index in [1.807, 2.05) is 14.1 Å². The molecule has 0 radical (unpaired) electrons. The first-order chi connectivity index (χ1) is 12.6. The topological polar surface area (TPSA) is 59.9 Å². The van der Waals surface area contributed by atoms with Gasteiger partial charge in [0.1, 0.15) is 0 Å². The van der Waals surface area contributed by atoms with Crippen molar-refractivity contribution < 1.29 is 5.11 Å². The average molecular weight is 361 g/mol. The summed E-state index contributed by atoms with van der Waals surface area (Å²) in [4.78, 5) is 6.85. The maximum Gasteiger partial charge on any atom is 0.191 e. The lowest BCUT2D eigenvalue weighted by Gasteiger charge is -2.37. The zero-order valence-corrected chi connectivity index (χ0v) is 16.7. The number of benzene rings is 1. The first kappa shape index (κ1) is 20.6. The van der Waals surface area contributed by atoms with E-state index in [4.69, 9.17) is 4.99 Å². The quantitative estimate of drug-likeness (QED) is 0.492. The van der Waals surface area contributed by atoms with E-state index in [1.165, 1.54) is 43.4 Å². The molecule has 0 aromatic heterocycles. The highest BCUT2D eigenvalue weighted by molar-refractivity contribution is 5.79. The Kier molecular flexibility index (Phi) is 8.23. The van der Waals surface area contributed by atoms with Crippen LogP contribution in [0.25, 0.3) is 0 Å². The predicted molar refractivity (Wildman–Crippen MR) is 111 cm³/mol. The molecule has 0 spiro atoms. The third kappa shape index (κ3) is 6.20. The minimum absolute atomic E-state index is 0.219. The standard InChI is InChI=1S/C21H36N4O/c1-4-22-20(23-16-18-8-10-19(11-9-18)25(2)3)24-17-21(14-15-26)12-6-5-7-13-21/h8-11,26H,4-7,12-17H2,1-3H3,(H2,22,23,24). The number of aliphatic hydroxyl groups is 1. The Morgan fingerprint density at radius 3 is 2.38 bits per heavy atom. The number of hydrogen-bond acceptors (Lipinski definition) is 3. The SMILES string of the molecule is CCNC(=NCc1ccc(N(C)C)cc1)NCC1(CCO)CCCCC1. The van der Waals surface area contributed by atoms with E-state index in [1.54, 1.807) is 0 Å². The van der Waals surface area contributed by atoms with E-state index < -0.39 is 0 Å². The Labute approximate surface area is 158 Å². The Morgan fingerprint density at radius 1 is 1.12 bits per heavy atom. The van der Waals surface area contributed by atoms with Crippen molar-refractivity contribution >= 4 is 11.6 Å². The highest BCUT2D eigenvalue weighted by atomic mass is 16.3. The molecule has 5 heteroatoms. The summed E-state index contributed by atoms with van der Waals surface area (Å²) < 4.78 is 0. The van der Waals surface area contributed by atoms with Crippen LogP contribution in [0, 0.1) is 5.41 Å². The number of nitrogens with zero attached hydrogens (tertiary/aromatic N) is 2. The summed E-state index contributed by atoms with van der Waals surface area (Å²) in [6, 6.07) is 8.53. The first-order valence-corrected chi connectivity index (χ1v) is 9.98. The molecule has 1 saturated carbocycles. The minimum Gasteiger partial charge on any atom is -0.396 e. The average Bonchev–Trinajstić information content (AvgIpc) is 2.65. The summed E-state index contributed by atoms with van der Waals surface area (Å²) in [6.07, 6.45) is 7.15. The molecule has 0 heterocycles. The summed E-state index contributed by atoms with van der Waals surface area (Å²) in [6.45, 7) is 4.76. The number of guanidine groups is 1. The molecule has 5 nitrogen and oxygen atoms in total. The zero-order chi connectivity index (χ0) is 18.8. The fraction of sp³-hybridized carbons (Fsp3) is 0.667. The van der Waals surface area contributed by atoms with Crippen molar-refractivity contribution in [2.45, 2.75) is 52.0 Å². The molecule has 0 unspecified atom stereocenters. The van der Waals surface area contributed by atoms with Crippen molar-refractivity contribution in [1.29, 1.82) is 0 Å². The largest absolute Gasteiger partial charge is 0.396 e. The van der Waals surface area contributed by atoms with Crippen LogP contribution in [0.4, 0.5) is 5.69 Å². The number of rotatable bonds is 8. The van der Waals surface area contributed by atoms with Gasteiger partial charge in [0.2, 0.25) is 0 Å². The van der Waals surface area contributed by atoms with Crippen molar-refractivity contribution in [3.05, 3.63) is 29.8 Å². The van der Waals surface area contributed by atoms with Gasteiger partial charge in [-0.05, 0) is 49.3 Å². The summed E-state index contributed by atoms with van der Waals surface area (Å²) in [5.41, 5.74) is 2.62. The molecule has 1 fully saturated rings. The van der Waals surface area contributed by atoms with Gasteiger partial charge in [0.15, 0.2) is 5.96 Å². The molecule has 0 atom stereocenters. The van der Waals surface area contributed by atoms with E-state index in [9.17, 15) is 5.11 Å². The van der Waals surface area contributed by atoms with Crippen molar-refractivity contribution in [1.82, 2.24) is 10.6 Å². The molecule has 146 valence electrons. The van der Waals surface area contributed by atoms with Gasteiger partial charge in [-0.25, -0.2) is 4.99 Å². The predicted octanol–water partition coefficient (Wildman–Crippen LogP) is 3.14. The molecule has 0 bridgehead atoms. The second-order valence-corrected chi connectivity index (χ2v) is 7.64. The van der Waals surface area contributed by atoms with Crippen LogP contribution in [0.2, 0.25) is 0 Å². The van der Waals surface area contributed by atoms with Gasteiger partial charge in [0.25, 0.3) is 0 Å². The van der Waals surface area contributed by atoms with Gasteiger partial charge in [-0.3, -0.25) is 0 Å². The van der Waals surface area contributed by atoms with Crippen LogP contribution in [0.1, 0.15) is 51.0 Å². The third-order valence-electron chi connectivity index (χ3n) is 5.40. The molecule has 1 aromatic carbocycles. The van der Waals surface area contributed by atoms with E-state index in [0.717, 1.165) is 25.5 Å². The van der Waals surface area contributed by atoms with E-state index in [-0.39, 0.29) is 12.0 Å². The fourth-order valence-electron chi connectivity index (χ4n) is 3.74. The van der Waals surface area contributed by atoms with Gasteiger partial charge >= 0.3 is 0 Å². The molecular formula is C21H36N4O. The van der Waals surface area contributed by atoms with Crippen LogP contribution in [0.3, 0.4) is 0 Å². The van der Waals surface area contributed by atoms with Crippen LogP contribution in [0.15, 0.2) is 29.3 Å². The normalized spacial score (nSPS) is 17.0. The molecule has 1 aliphatic carbocycles. The molecule has 1 aromatic rings. The monoisotopic (exact) mass is 360 g/mol. The Balaban J connectivity index is 1.96. The van der Waals surface area contributed by atoms with Crippen molar-refractivity contribution in [2.75, 3.05) is 38.7 Å². The smallest absolute Gasteiger partial charge is 0.191 e. The minimum atomic E-state index is 0.219. The van der Waals surface area contributed by atoms with Crippen molar-refractivity contribution in [3.8, 4) is 0 Å². The number of anilines is 1. The molecule has 1 aliphatic rings. The highest BCUT2D eigenvalue weighted by Gasteiger charge is 2.31. The number of hydrogen-bond donors (Lipinski definition) is 3. The third-order valence-corrected chi connectivity index (χ3v) is 5.40. The van der Waals surface area contributed by atoms with Gasteiger partial charge in [0.05, 0.1) is 6.54 Å². The van der Waals surface area contributed by atoms with Gasteiger partial charge in [-0.2, -0.15) is 0 Å². The Hall–Kier alpha value is -1.75. The Morgan fingerprint density at radius 2 is 1.81 bits per heavy atom. The highest BCUT2D eigenvalue weighted by Crippen LogP contribution is 2.38. The molecule has 2 rings (SSSR count). The lowest BCUT2D eigenvalue weighted by Crippen LogP contribution is -2.44. The summed E-state index contributed by atoms with van der Waals surface area (Å²) in [7, 11) is 4.10. The van der Waals surface area contributed by atoms with Gasteiger partial charge in [-0.1, -0.05) is 31.4 Å². The van der Waals surface area contributed by atoms with Gasteiger partial charge < -0.3 is 20.6 Å². The fourth-order valence-corrected chi connectivity index (χ4v) is 3.74. The molecule has 0 amide bonds. The second kappa shape index (κ2) is 10.4. The molecule has 0 aliphatic heterocycles. The van der Waals surface area contributed by atoms with Crippen LogP contribution in [-0.2, 0) is 6.54 Å². The molecule has 0 saturated heterocycles. The van der Waals surface area contributed by atoms with E-state index in [2.05, 4.69) is 46.7 Å². The maximum absolute atomic E-state index is 9.49. The molecular weight excluding hydrogens is 324 g/mol. The van der Waals surface area contributed by atoms with Crippen LogP contribution >= 0.6 is 0 Å². The molecule has 26 heavy (non-hydrogen) atoms. The number of aliphatic imine (C=N–C) groups is 1. The van der Waals surface area contributed by atoms with E-state index in [0.29, 0.717) is 6.54 Å². The maximum atomic E-state index is 9.49. The van der Waals surface area contributed by atoms with Crippen LogP contribution < -0.4 is 15.5 Å². The lowest BCUT2D eigenvalue weighted by atomic mass is 9.72. The summed E-state index contributed by atoms with van der Waals surface area (Å²) >= 11 is 0. The summed E-state index contributed by atoms with van der Waals surface area (Å²) in [5.74, 6) is 0.868. The zero-order valence-electron chi connectivity index (χ0n) is 16.7. The van der Waals surface area contributed by atoms with Gasteiger partial charge in [-0.15, -0.1) is 0 Å². The van der Waals surface area contributed by atoms with Gasteiger partial charge in [0, 0.05) is 39.5 Å². The van der Waals surface area contributed by atoms with Crippen LogP contribution in [0.5, 0.6) is 0 Å². The lowest BCUT2D eigenvalue weighted by molar-refractivity contribution is 0.131. The first-order valence-electron chi connectivity index (χ1n) is 9.98. The van der Waals surface area contributed by atoms with Crippen LogP contribution in [-0.4, -0.2) is 44.9 Å². The Bertz CT molecular complexity index is 542. The number of aliphatic hydroxyl groups excluding tert-OH is 1.